The summed E-state index contributed by atoms with van der Waals surface area (Å²) in [5, 5.41) is 8.17. The van der Waals surface area contributed by atoms with Crippen molar-refractivity contribution in [3.8, 4) is 5.75 Å². The molecule has 1 aromatic carbocycles. The van der Waals surface area contributed by atoms with Crippen molar-refractivity contribution in [2.45, 2.75) is 20.4 Å². The van der Waals surface area contributed by atoms with E-state index in [1.165, 1.54) is 0 Å². The zero-order chi connectivity index (χ0) is 14.0. The maximum absolute atomic E-state index is 6.17. The van der Waals surface area contributed by atoms with Crippen LogP contribution in [0.1, 0.15) is 12.6 Å². The van der Waals surface area contributed by atoms with Crippen LogP contribution in [0.15, 0.2) is 18.2 Å². The number of rotatable bonds is 4. The molecule has 102 valence electrons. The van der Waals surface area contributed by atoms with E-state index in [-0.39, 0.29) is 0 Å². The van der Waals surface area contributed by atoms with Crippen molar-refractivity contribution in [3.63, 3.8) is 0 Å². The first-order chi connectivity index (χ1) is 9.06. The SMILES string of the molecule is CCn1nc(C)c(N)c1Nc1cc(OC)ccc1Cl. The lowest BCUT2D eigenvalue weighted by atomic mass is 10.3. The third-order valence-corrected chi connectivity index (χ3v) is 3.23. The standard InChI is InChI=1S/C13H17ClN4O/c1-4-18-13(12(15)8(2)17-18)16-11-7-9(19-3)5-6-10(11)14/h5-7,16H,4,15H2,1-3H3. The van der Waals surface area contributed by atoms with Crippen molar-refractivity contribution < 1.29 is 4.74 Å². The van der Waals surface area contributed by atoms with E-state index in [2.05, 4.69) is 10.4 Å². The van der Waals surface area contributed by atoms with E-state index >= 15 is 0 Å². The molecule has 1 heterocycles. The molecule has 0 unspecified atom stereocenters. The molecule has 0 spiro atoms. The predicted octanol–water partition coefficient (Wildman–Crippen LogP) is 3.20. The number of hydrogen-bond acceptors (Lipinski definition) is 4. The van der Waals surface area contributed by atoms with Crippen LogP contribution in [-0.2, 0) is 6.54 Å². The number of anilines is 3. The molecule has 3 N–H and O–H groups in total. The number of benzene rings is 1. The van der Waals surface area contributed by atoms with Crippen LogP contribution in [-0.4, -0.2) is 16.9 Å². The predicted molar refractivity (Wildman–Crippen MR) is 78.3 cm³/mol. The molecule has 0 amide bonds. The number of aromatic nitrogens is 2. The van der Waals surface area contributed by atoms with Crippen LogP contribution in [0.2, 0.25) is 5.02 Å². The van der Waals surface area contributed by atoms with Gasteiger partial charge in [0.2, 0.25) is 0 Å². The fourth-order valence-electron chi connectivity index (χ4n) is 1.81. The van der Waals surface area contributed by atoms with E-state index in [9.17, 15) is 0 Å². The van der Waals surface area contributed by atoms with Gasteiger partial charge in [0.1, 0.15) is 5.75 Å². The lowest BCUT2D eigenvalue weighted by Gasteiger charge is -2.12. The van der Waals surface area contributed by atoms with E-state index in [0.717, 1.165) is 29.5 Å². The highest BCUT2D eigenvalue weighted by molar-refractivity contribution is 6.33. The summed E-state index contributed by atoms with van der Waals surface area (Å²) in [6.45, 7) is 4.60. The van der Waals surface area contributed by atoms with Gasteiger partial charge < -0.3 is 15.8 Å². The zero-order valence-corrected chi connectivity index (χ0v) is 12.0. The van der Waals surface area contributed by atoms with Crippen molar-refractivity contribution in [2.24, 2.45) is 0 Å². The van der Waals surface area contributed by atoms with Gasteiger partial charge in [-0.3, -0.25) is 0 Å². The molecule has 0 radical (unpaired) electrons. The van der Waals surface area contributed by atoms with Gasteiger partial charge in [0, 0.05) is 12.6 Å². The molecule has 0 aliphatic carbocycles. The van der Waals surface area contributed by atoms with Gasteiger partial charge in [0.15, 0.2) is 5.82 Å². The second-order valence-corrected chi connectivity index (χ2v) is 4.54. The van der Waals surface area contributed by atoms with Crippen LogP contribution < -0.4 is 15.8 Å². The fraction of sp³-hybridized carbons (Fsp3) is 0.308. The number of hydrogen-bond donors (Lipinski definition) is 2. The lowest BCUT2D eigenvalue weighted by molar-refractivity contribution is 0.415. The Morgan fingerprint density at radius 2 is 2.21 bits per heavy atom. The molecule has 0 saturated carbocycles. The Balaban J connectivity index is 2.41. The number of nitrogens with two attached hydrogens (primary N) is 1. The Bertz CT molecular complexity index is 595. The smallest absolute Gasteiger partial charge is 0.152 e. The van der Waals surface area contributed by atoms with E-state index < -0.39 is 0 Å². The molecule has 0 aliphatic heterocycles. The minimum atomic E-state index is 0.599. The second kappa shape index (κ2) is 5.40. The quantitative estimate of drug-likeness (QED) is 0.903. The second-order valence-electron chi connectivity index (χ2n) is 4.13. The fourth-order valence-corrected chi connectivity index (χ4v) is 1.98. The van der Waals surface area contributed by atoms with Crippen molar-refractivity contribution in [1.82, 2.24) is 9.78 Å². The monoisotopic (exact) mass is 280 g/mol. The first kappa shape index (κ1) is 13.5. The Hall–Kier alpha value is -1.88. The van der Waals surface area contributed by atoms with Crippen LogP contribution in [0.3, 0.4) is 0 Å². The molecule has 0 saturated heterocycles. The lowest BCUT2D eigenvalue weighted by Crippen LogP contribution is -2.04. The number of methoxy groups -OCH3 is 1. The van der Waals surface area contributed by atoms with Gasteiger partial charge in [-0.1, -0.05) is 11.6 Å². The van der Waals surface area contributed by atoms with Gasteiger partial charge in [-0.25, -0.2) is 4.68 Å². The average Bonchev–Trinajstić information content (AvgIpc) is 2.68. The molecular weight excluding hydrogens is 264 g/mol. The molecular formula is C13H17ClN4O. The number of halogens is 1. The Morgan fingerprint density at radius 3 is 2.84 bits per heavy atom. The highest BCUT2D eigenvalue weighted by Gasteiger charge is 2.13. The summed E-state index contributed by atoms with van der Waals surface area (Å²) < 4.78 is 6.99. The normalized spacial score (nSPS) is 10.5. The number of nitrogens with one attached hydrogen (secondary N) is 1. The van der Waals surface area contributed by atoms with Crippen LogP contribution >= 0.6 is 11.6 Å². The van der Waals surface area contributed by atoms with Gasteiger partial charge in [-0.05, 0) is 26.0 Å². The summed E-state index contributed by atoms with van der Waals surface area (Å²) in [5.41, 5.74) is 8.19. The van der Waals surface area contributed by atoms with Crippen LogP contribution in [0.5, 0.6) is 5.75 Å². The first-order valence-electron chi connectivity index (χ1n) is 6.00. The molecule has 0 fully saturated rings. The number of nitrogen functional groups attached to an aromatic ring is 1. The maximum Gasteiger partial charge on any atom is 0.152 e. The summed E-state index contributed by atoms with van der Waals surface area (Å²) in [6.07, 6.45) is 0. The summed E-state index contributed by atoms with van der Waals surface area (Å²) >= 11 is 6.17. The first-order valence-corrected chi connectivity index (χ1v) is 6.38. The summed E-state index contributed by atoms with van der Waals surface area (Å²) in [5.74, 6) is 1.47. The van der Waals surface area contributed by atoms with Crippen LogP contribution in [0.4, 0.5) is 17.2 Å². The van der Waals surface area contributed by atoms with Crippen molar-refractivity contribution in [2.75, 3.05) is 18.2 Å². The van der Waals surface area contributed by atoms with E-state index in [4.69, 9.17) is 22.1 Å². The van der Waals surface area contributed by atoms with Gasteiger partial charge in [0.05, 0.1) is 29.2 Å². The van der Waals surface area contributed by atoms with Crippen LogP contribution in [0, 0.1) is 6.92 Å². The Morgan fingerprint density at radius 1 is 1.47 bits per heavy atom. The molecule has 0 aliphatic rings. The third kappa shape index (κ3) is 2.61. The minimum Gasteiger partial charge on any atom is -0.497 e. The molecule has 0 bridgehead atoms. The van der Waals surface area contributed by atoms with E-state index in [1.807, 2.05) is 19.9 Å². The highest BCUT2D eigenvalue weighted by atomic mass is 35.5. The third-order valence-electron chi connectivity index (χ3n) is 2.90. The largest absolute Gasteiger partial charge is 0.497 e. The van der Waals surface area contributed by atoms with E-state index in [0.29, 0.717) is 10.7 Å². The highest BCUT2D eigenvalue weighted by Crippen LogP contribution is 2.32. The molecule has 5 nitrogen and oxygen atoms in total. The van der Waals surface area contributed by atoms with Gasteiger partial charge in [0.25, 0.3) is 0 Å². The molecule has 19 heavy (non-hydrogen) atoms. The zero-order valence-electron chi connectivity index (χ0n) is 11.2. The van der Waals surface area contributed by atoms with Gasteiger partial charge >= 0.3 is 0 Å². The Kier molecular flexibility index (Phi) is 3.85. The molecule has 6 heteroatoms. The maximum atomic E-state index is 6.17. The van der Waals surface area contributed by atoms with Crippen molar-refractivity contribution >= 4 is 28.8 Å². The van der Waals surface area contributed by atoms with Crippen molar-refractivity contribution in [3.05, 3.63) is 28.9 Å². The summed E-state index contributed by atoms with van der Waals surface area (Å²) in [7, 11) is 1.61. The molecule has 1 aromatic heterocycles. The van der Waals surface area contributed by atoms with Crippen LogP contribution in [0.25, 0.3) is 0 Å². The topological polar surface area (TPSA) is 65.1 Å². The molecule has 2 rings (SSSR count). The Labute approximate surface area is 117 Å². The van der Waals surface area contributed by atoms with Gasteiger partial charge in [-0.15, -0.1) is 0 Å². The average molecular weight is 281 g/mol. The summed E-state index contributed by atoms with van der Waals surface area (Å²) in [4.78, 5) is 0. The number of ether oxygens (including phenoxy) is 1. The molecule has 2 aromatic rings. The van der Waals surface area contributed by atoms with Gasteiger partial charge in [-0.2, -0.15) is 5.10 Å². The number of nitrogens with zero attached hydrogens (tertiary/aromatic N) is 2. The number of aryl methyl sites for hydroxylation is 2. The minimum absolute atomic E-state index is 0.599. The summed E-state index contributed by atoms with van der Waals surface area (Å²) in [6, 6.07) is 5.40. The van der Waals surface area contributed by atoms with E-state index in [1.54, 1.807) is 23.9 Å². The van der Waals surface area contributed by atoms with Crippen molar-refractivity contribution in [1.29, 1.82) is 0 Å². The molecule has 0 atom stereocenters.